The lowest BCUT2D eigenvalue weighted by molar-refractivity contribution is -0.151. The molecule has 200 valence electrons. The van der Waals surface area contributed by atoms with Gasteiger partial charge >= 0.3 is 0 Å². The van der Waals surface area contributed by atoms with Gasteiger partial charge in [-0.25, -0.2) is 0 Å². The van der Waals surface area contributed by atoms with Crippen molar-refractivity contribution in [3.63, 3.8) is 0 Å². The largest absolute Gasteiger partial charge is 0.371 e. The first kappa shape index (κ1) is 30.4. The lowest BCUT2D eigenvalue weighted by Crippen LogP contribution is -2.43. The SMILES string of the molecule is C=CC[C@H](OCC#N)[C@H](COS(=O)(=O)c1ccc(C)cc1)O[C@H](CC)[C@@H](CC=C)OCc1ccccc1. The van der Waals surface area contributed by atoms with Gasteiger partial charge in [0.05, 0.1) is 42.5 Å². The molecule has 37 heavy (non-hydrogen) atoms. The standard InChI is InChI=1S/C29H37NO6S/c1-5-11-27(34-21-24-13-9-8-10-14-24)26(7-3)36-29(28(12-6-2)33-20-19-30)22-35-37(31,32)25-17-15-23(4)16-18-25/h5-6,8-10,13-18,26-29H,1-2,7,11-12,20-22H2,3-4H3/t26-,27-,28+,29+/m1/s1. The minimum Gasteiger partial charge on any atom is -0.371 e. The van der Waals surface area contributed by atoms with E-state index in [1.807, 2.05) is 50.2 Å². The third kappa shape index (κ3) is 10.2. The van der Waals surface area contributed by atoms with Gasteiger partial charge in [0, 0.05) is 0 Å². The van der Waals surface area contributed by atoms with E-state index in [2.05, 4.69) is 13.2 Å². The van der Waals surface area contributed by atoms with Gasteiger partial charge in [0.2, 0.25) is 0 Å². The summed E-state index contributed by atoms with van der Waals surface area (Å²) in [6.45, 7) is 11.4. The Bertz CT molecular complexity index is 1100. The molecule has 0 aromatic heterocycles. The van der Waals surface area contributed by atoms with Crippen LogP contribution in [0.1, 0.15) is 37.3 Å². The van der Waals surface area contributed by atoms with E-state index in [9.17, 15) is 8.42 Å². The molecule has 2 aromatic carbocycles. The Hall–Kier alpha value is -2.80. The van der Waals surface area contributed by atoms with Crippen molar-refractivity contribution >= 4 is 10.1 Å². The maximum atomic E-state index is 12.9. The Labute approximate surface area is 221 Å². The predicted molar refractivity (Wildman–Crippen MR) is 143 cm³/mol. The summed E-state index contributed by atoms with van der Waals surface area (Å²) >= 11 is 0. The van der Waals surface area contributed by atoms with Crippen LogP contribution in [0.4, 0.5) is 0 Å². The van der Waals surface area contributed by atoms with Gasteiger partial charge in [-0.1, -0.05) is 67.1 Å². The van der Waals surface area contributed by atoms with Crippen LogP contribution in [0.25, 0.3) is 0 Å². The van der Waals surface area contributed by atoms with E-state index in [1.165, 1.54) is 12.1 Å². The first-order valence-electron chi connectivity index (χ1n) is 12.3. The minimum atomic E-state index is -4.03. The summed E-state index contributed by atoms with van der Waals surface area (Å²) in [5.74, 6) is 0. The molecule has 0 bridgehead atoms. The summed E-state index contributed by atoms with van der Waals surface area (Å²) in [5.41, 5.74) is 1.96. The Morgan fingerprint density at radius 1 is 0.919 bits per heavy atom. The Balaban J connectivity index is 2.24. The lowest BCUT2D eigenvalue weighted by atomic mass is 10.1. The average molecular weight is 528 g/mol. The maximum absolute atomic E-state index is 12.9. The summed E-state index contributed by atoms with van der Waals surface area (Å²) in [6, 6.07) is 18.2. The maximum Gasteiger partial charge on any atom is 0.297 e. The van der Waals surface area contributed by atoms with E-state index in [-0.39, 0.29) is 24.2 Å². The first-order chi connectivity index (χ1) is 17.8. The summed E-state index contributed by atoms with van der Waals surface area (Å²) in [4.78, 5) is 0.0535. The summed E-state index contributed by atoms with van der Waals surface area (Å²) in [7, 11) is -4.03. The van der Waals surface area contributed by atoms with E-state index < -0.39 is 28.4 Å². The van der Waals surface area contributed by atoms with Gasteiger partial charge < -0.3 is 14.2 Å². The van der Waals surface area contributed by atoms with Crippen LogP contribution in [0.15, 0.2) is 84.8 Å². The molecule has 0 saturated heterocycles. The van der Waals surface area contributed by atoms with Crippen molar-refractivity contribution in [3.8, 4) is 6.07 Å². The highest BCUT2D eigenvalue weighted by Gasteiger charge is 2.31. The summed E-state index contributed by atoms with van der Waals surface area (Å²) in [5, 5.41) is 9.06. The molecule has 0 aliphatic rings. The van der Waals surface area contributed by atoms with Crippen LogP contribution in [0.3, 0.4) is 0 Å². The van der Waals surface area contributed by atoms with Crippen LogP contribution >= 0.6 is 0 Å². The number of rotatable bonds is 18. The van der Waals surface area contributed by atoms with Gasteiger partial charge in [0.1, 0.15) is 12.7 Å². The van der Waals surface area contributed by atoms with Crippen LogP contribution < -0.4 is 0 Å². The molecule has 0 unspecified atom stereocenters. The molecule has 8 heteroatoms. The second-order valence-corrected chi connectivity index (χ2v) is 10.2. The van der Waals surface area contributed by atoms with Gasteiger partial charge in [-0.2, -0.15) is 13.7 Å². The van der Waals surface area contributed by atoms with E-state index >= 15 is 0 Å². The highest BCUT2D eigenvalue weighted by molar-refractivity contribution is 7.86. The van der Waals surface area contributed by atoms with E-state index in [0.29, 0.717) is 25.9 Å². The Morgan fingerprint density at radius 3 is 2.11 bits per heavy atom. The van der Waals surface area contributed by atoms with Crippen LogP contribution in [0.5, 0.6) is 0 Å². The number of hydrogen-bond acceptors (Lipinski definition) is 7. The van der Waals surface area contributed by atoms with E-state index in [4.69, 9.17) is 23.7 Å². The zero-order valence-electron chi connectivity index (χ0n) is 21.6. The number of aryl methyl sites for hydroxylation is 1. The van der Waals surface area contributed by atoms with Crippen LogP contribution in [0.2, 0.25) is 0 Å². The Kier molecular flexibility index (Phi) is 13.3. The van der Waals surface area contributed by atoms with E-state index in [1.54, 1.807) is 24.3 Å². The fraction of sp³-hybridized carbons (Fsp3) is 0.414. The second-order valence-electron chi connectivity index (χ2n) is 8.56. The van der Waals surface area contributed by atoms with Crippen molar-refractivity contribution in [1.29, 1.82) is 5.26 Å². The van der Waals surface area contributed by atoms with E-state index in [0.717, 1.165) is 11.1 Å². The van der Waals surface area contributed by atoms with Gasteiger partial charge in [0.25, 0.3) is 10.1 Å². The molecule has 2 aromatic rings. The van der Waals surface area contributed by atoms with Crippen molar-refractivity contribution in [2.75, 3.05) is 13.2 Å². The molecular formula is C29H37NO6S. The normalized spacial score (nSPS) is 14.7. The molecule has 0 radical (unpaired) electrons. The zero-order valence-corrected chi connectivity index (χ0v) is 22.4. The van der Waals surface area contributed by atoms with Gasteiger partial charge in [-0.05, 0) is 43.9 Å². The quantitative estimate of drug-likeness (QED) is 0.186. The van der Waals surface area contributed by atoms with Crippen molar-refractivity contribution in [3.05, 3.63) is 91.0 Å². The molecular weight excluding hydrogens is 490 g/mol. The highest BCUT2D eigenvalue weighted by atomic mass is 32.2. The fourth-order valence-electron chi connectivity index (χ4n) is 3.74. The number of benzene rings is 2. The molecule has 2 rings (SSSR count). The third-order valence-electron chi connectivity index (χ3n) is 5.75. The second kappa shape index (κ2) is 16.1. The number of ether oxygens (including phenoxy) is 3. The molecule has 0 amide bonds. The number of nitrogens with zero attached hydrogens (tertiary/aromatic N) is 1. The molecule has 0 saturated carbocycles. The molecule has 0 spiro atoms. The molecule has 0 fully saturated rings. The number of nitriles is 1. The Morgan fingerprint density at radius 2 is 1.54 bits per heavy atom. The van der Waals surface area contributed by atoms with Crippen molar-refractivity contribution < 1.29 is 26.8 Å². The number of hydrogen-bond donors (Lipinski definition) is 0. The average Bonchev–Trinajstić information content (AvgIpc) is 2.90. The molecule has 0 aliphatic heterocycles. The monoisotopic (exact) mass is 527 g/mol. The molecule has 0 N–H and O–H groups in total. The minimum absolute atomic E-state index is 0.0535. The molecule has 0 aliphatic carbocycles. The van der Waals surface area contributed by atoms with Gasteiger partial charge in [0.15, 0.2) is 0 Å². The van der Waals surface area contributed by atoms with Crippen LogP contribution in [0, 0.1) is 18.3 Å². The molecule has 4 atom stereocenters. The van der Waals surface area contributed by atoms with Gasteiger partial charge in [-0.3, -0.25) is 4.18 Å². The van der Waals surface area contributed by atoms with Crippen molar-refractivity contribution in [2.45, 2.75) is 69.0 Å². The first-order valence-corrected chi connectivity index (χ1v) is 13.7. The zero-order chi connectivity index (χ0) is 27.1. The third-order valence-corrected chi connectivity index (χ3v) is 7.04. The smallest absolute Gasteiger partial charge is 0.297 e. The van der Waals surface area contributed by atoms with Crippen LogP contribution in [-0.4, -0.2) is 46.0 Å². The van der Waals surface area contributed by atoms with Crippen LogP contribution in [-0.2, 0) is 35.1 Å². The summed E-state index contributed by atoms with van der Waals surface area (Å²) in [6.07, 6.45) is 2.69. The summed E-state index contributed by atoms with van der Waals surface area (Å²) < 4.78 is 49.5. The topological polar surface area (TPSA) is 94.9 Å². The lowest BCUT2D eigenvalue weighted by Gasteiger charge is -2.33. The molecule has 7 nitrogen and oxygen atoms in total. The van der Waals surface area contributed by atoms with Gasteiger partial charge in [-0.15, -0.1) is 13.2 Å². The molecule has 0 heterocycles. The highest BCUT2D eigenvalue weighted by Crippen LogP contribution is 2.22. The van der Waals surface area contributed by atoms with Crippen molar-refractivity contribution in [1.82, 2.24) is 0 Å². The fourth-order valence-corrected chi connectivity index (χ4v) is 4.66. The van der Waals surface area contributed by atoms with Crippen molar-refractivity contribution in [2.24, 2.45) is 0 Å². The predicted octanol–water partition coefficient (Wildman–Crippen LogP) is 5.51.